The molecule has 0 fully saturated rings. The monoisotopic (exact) mass is 492 g/mol. The van der Waals surface area contributed by atoms with Gasteiger partial charge in [0, 0.05) is 72.4 Å². The maximum absolute atomic E-state index is 6.80. The van der Waals surface area contributed by atoms with Gasteiger partial charge in [0.2, 0.25) is 0 Å². The molecule has 0 heterocycles. The third kappa shape index (κ3) is 12.3. The summed E-state index contributed by atoms with van der Waals surface area (Å²) in [7, 11) is 59.2. The average Bonchev–Trinajstić information content (AvgIpc) is 2.69. The number of rotatable bonds is 17. The van der Waals surface area contributed by atoms with Crippen molar-refractivity contribution in [2.45, 2.75) is 50.0 Å². The Hall–Kier alpha value is 3.06. The van der Waals surface area contributed by atoms with Gasteiger partial charge in [-0.15, -0.1) is 31.4 Å². The molecule has 0 amide bonds. The Balaban J connectivity index is -0.00000578. The van der Waals surface area contributed by atoms with Crippen molar-refractivity contribution in [3.8, 4) is 0 Å². The molecule has 0 aromatic carbocycles. The molecule has 27 heteroatoms. The predicted octanol–water partition coefficient (Wildman–Crippen LogP) is -10.3. The summed E-state index contributed by atoms with van der Waals surface area (Å²) in [5.74, 6) is 0.604. The van der Waals surface area contributed by atoms with Gasteiger partial charge in [-0.25, -0.2) is 0 Å². The number of hydrogen-bond acceptors (Lipinski definition) is 2. The summed E-state index contributed by atoms with van der Waals surface area (Å²) < 4.78 is 12.5. The van der Waals surface area contributed by atoms with Gasteiger partial charge >= 0.3 is 46.3 Å². The molecule has 0 aliphatic rings. The van der Waals surface area contributed by atoms with Crippen LogP contribution in [0.2, 0.25) is 50.0 Å². The molecular weight excluding hydrogens is 466 g/mol. The largest absolute Gasteiger partial charge is 1.00 e. The van der Waals surface area contributed by atoms with Crippen molar-refractivity contribution >= 4 is 170 Å². The minimum Gasteiger partial charge on any atom is -0.438 e. The Kier molecular flexibility index (Phi) is 22.5. The Morgan fingerprint density at radius 3 is 1.62 bits per heavy atom. The molecule has 0 aliphatic carbocycles. The topological polar surface area (TPSA) is 18.5 Å². The van der Waals surface area contributed by atoms with Crippen LogP contribution in [0.15, 0.2) is 0 Å². The third-order valence-corrected chi connectivity index (χ3v) is 18.9. The molecule has 0 rings (SSSR count). The van der Waals surface area contributed by atoms with E-state index in [0.717, 1.165) is 0 Å². The molecule has 1 unspecified atom stereocenters. The molecular formula is C10H22B20Li2O2Si3. The summed E-state index contributed by atoms with van der Waals surface area (Å²) >= 11 is 0. The first-order valence-electron chi connectivity index (χ1n) is 11.6. The summed E-state index contributed by atoms with van der Waals surface area (Å²) in [6.07, 6.45) is 0. The van der Waals surface area contributed by atoms with Gasteiger partial charge in [0.05, 0.1) is 0 Å². The molecule has 0 aromatic heterocycles. The zero-order valence-electron chi connectivity index (χ0n) is 24.3. The van der Waals surface area contributed by atoms with Crippen LogP contribution in [0, 0.1) is 12.4 Å². The fourth-order valence-electron chi connectivity index (χ4n) is 4.98. The van der Waals surface area contributed by atoms with E-state index >= 15 is 0 Å². The molecule has 0 aliphatic heterocycles. The van der Waals surface area contributed by atoms with Crippen molar-refractivity contribution in [1.82, 2.24) is 0 Å². The summed E-state index contributed by atoms with van der Waals surface area (Å²) in [5.41, 5.74) is 0.547. The molecule has 1 atom stereocenters. The van der Waals surface area contributed by atoms with Crippen molar-refractivity contribution in [3.05, 3.63) is 12.4 Å². The van der Waals surface area contributed by atoms with Crippen LogP contribution in [0.1, 0.15) is 0 Å². The SMILES string of the molecule is [B][B]B([B])[C-](B([B])[B])B([B])[B]C[Si](C)(C)O[Si](C)(C)O[Si](C)(C)C(B([B])[B])(B([B])[B][B])B([B])[B][CH2-].[Li+].[Li+]. The van der Waals surface area contributed by atoms with E-state index < -0.39 is 68.9 Å². The Morgan fingerprint density at radius 1 is 0.784 bits per heavy atom. The van der Waals surface area contributed by atoms with Crippen molar-refractivity contribution in [1.29, 1.82) is 0 Å². The predicted molar refractivity (Wildman–Crippen MR) is 186 cm³/mol. The maximum atomic E-state index is 6.80. The standard InChI is InChI=1S/C10H22B20O2Si3.2Li/c1-21-29(19)10(28(17)18,30(20)24-12)34(4,5)32-35(6,7)31-33(2,3)8-22-26(15)9(25(13)14)27(16)23-11;;/h1,8H2,2-7H3;;/q-2;2*+1. The molecule has 0 aromatic rings. The van der Waals surface area contributed by atoms with Crippen LogP contribution in [-0.4, -0.2) is 170 Å². The summed E-state index contributed by atoms with van der Waals surface area (Å²) in [4.78, 5) is 0. The second kappa shape index (κ2) is 18.7. The van der Waals surface area contributed by atoms with Crippen molar-refractivity contribution < 1.29 is 46.0 Å². The van der Waals surface area contributed by atoms with Gasteiger partial charge in [0.25, 0.3) is 0 Å². The van der Waals surface area contributed by atoms with Crippen molar-refractivity contribution in [3.63, 3.8) is 0 Å². The molecule has 2 nitrogen and oxygen atoms in total. The van der Waals surface area contributed by atoms with Gasteiger partial charge in [-0.3, -0.25) is 0 Å². The summed E-state index contributed by atoms with van der Waals surface area (Å²) in [5, 5.41) is 0. The zero-order chi connectivity index (χ0) is 28.0. The van der Waals surface area contributed by atoms with Gasteiger partial charge in [0.15, 0.2) is 16.6 Å². The maximum Gasteiger partial charge on any atom is 1.00 e. The van der Waals surface area contributed by atoms with E-state index in [4.69, 9.17) is 85.6 Å². The number of hydrogen-bond donors (Lipinski definition) is 0. The van der Waals surface area contributed by atoms with Gasteiger partial charge in [-0.1, -0.05) is 5.94 Å². The first kappa shape index (κ1) is 44.5. The van der Waals surface area contributed by atoms with E-state index in [0.29, 0.717) is 11.6 Å². The molecule has 0 N–H and O–H groups in total. The van der Waals surface area contributed by atoms with Gasteiger partial charge in [-0.2, -0.15) is 0 Å². The quantitative estimate of drug-likeness (QED) is 0.150. The van der Waals surface area contributed by atoms with Crippen LogP contribution in [0.4, 0.5) is 0 Å². The summed E-state index contributed by atoms with van der Waals surface area (Å²) in [6, 6.07) is 0. The average molecular weight is 489 g/mol. The van der Waals surface area contributed by atoms with Crippen LogP contribution in [-0.2, 0) is 8.23 Å². The fraction of sp³-hybridized carbons (Fsp3) is 0.800. The van der Waals surface area contributed by atoms with Crippen molar-refractivity contribution in [2.24, 2.45) is 0 Å². The summed E-state index contributed by atoms with van der Waals surface area (Å²) in [6.45, 7) is 11.7. The van der Waals surface area contributed by atoms with Crippen LogP contribution >= 0.6 is 0 Å². The Labute approximate surface area is 276 Å². The van der Waals surface area contributed by atoms with E-state index in [1.165, 1.54) is 14.1 Å². The smallest absolute Gasteiger partial charge is 0.438 e. The second-order valence-corrected chi connectivity index (χ2v) is 22.8. The van der Waals surface area contributed by atoms with Gasteiger partial charge in [-0.05, 0) is 85.0 Å². The van der Waals surface area contributed by atoms with Crippen molar-refractivity contribution in [2.75, 3.05) is 0 Å². The molecule has 0 saturated carbocycles. The van der Waals surface area contributed by atoms with Gasteiger partial charge < -0.3 is 20.7 Å². The normalized spacial score (nSPS) is 13.1. The third-order valence-electron chi connectivity index (χ3n) is 6.41. The second-order valence-electron chi connectivity index (χ2n) is 10.5. The molecule has 37 heavy (non-hydrogen) atoms. The molecule has 0 bridgehead atoms. The van der Waals surface area contributed by atoms with E-state index in [9.17, 15) is 0 Å². The van der Waals surface area contributed by atoms with Crippen LogP contribution in [0.5, 0.6) is 0 Å². The van der Waals surface area contributed by atoms with Crippen LogP contribution < -0.4 is 37.7 Å². The first-order valence-corrected chi connectivity index (χ1v) is 20.5. The molecule has 0 saturated heterocycles. The van der Waals surface area contributed by atoms with E-state index in [1.54, 1.807) is 7.17 Å². The molecule has 148 valence electrons. The first-order chi connectivity index (χ1) is 15.8. The fourth-order valence-corrected chi connectivity index (χ4v) is 20.2. The van der Waals surface area contributed by atoms with E-state index in [2.05, 4.69) is 19.9 Å². The minimum absolute atomic E-state index is 0. The van der Waals surface area contributed by atoms with E-state index in [1.807, 2.05) is 33.4 Å². The molecule has 0 spiro atoms. The Bertz CT molecular complexity index is 629. The minimum atomic E-state index is -2.88. The van der Waals surface area contributed by atoms with Crippen LogP contribution in [0.3, 0.4) is 0 Å². The van der Waals surface area contributed by atoms with Gasteiger partial charge in [0.1, 0.15) is 0 Å². The molecule has 24 radical (unpaired) electrons. The van der Waals surface area contributed by atoms with E-state index in [-0.39, 0.29) is 37.7 Å². The zero-order valence-corrected chi connectivity index (χ0v) is 27.3. The Morgan fingerprint density at radius 2 is 1.27 bits per heavy atom. The van der Waals surface area contributed by atoms with Crippen LogP contribution in [0.25, 0.3) is 0 Å².